The fraction of sp³-hybridized carbons (Fsp3) is 0.417. The molecule has 1 N–H and O–H groups in total. The summed E-state index contributed by atoms with van der Waals surface area (Å²) in [4.78, 5) is 15.8. The normalized spacial score (nSPS) is 23.7. The lowest BCUT2D eigenvalue weighted by Gasteiger charge is -2.14. The minimum absolute atomic E-state index is 0.0143. The lowest BCUT2D eigenvalue weighted by atomic mass is 10.1. The van der Waals surface area contributed by atoms with Crippen molar-refractivity contribution in [3.63, 3.8) is 0 Å². The van der Waals surface area contributed by atoms with Gasteiger partial charge in [-0.2, -0.15) is 5.26 Å². The summed E-state index contributed by atoms with van der Waals surface area (Å²) in [6.07, 6.45) is 4.36. The van der Waals surface area contributed by atoms with Crippen molar-refractivity contribution in [3.05, 3.63) is 30.1 Å². The lowest BCUT2D eigenvalue weighted by Crippen LogP contribution is -2.37. The van der Waals surface area contributed by atoms with E-state index in [1.54, 1.807) is 24.4 Å². The van der Waals surface area contributed by atoms with Crippen LogP contribution < -0.4 is 5.32 Å². The van der Waals surface area contributed by atoms with Crippen LogP contribution in [0.5, 0.6) is 0 Å². The molecule has 0 saturated heterocycles. The van der Waals surface area contributed by atoms with E-state index < -0.39 is 0 Å². The van der Waals surface area contributed by atoms with Crippen LogP contribution in [0, 0.1) is 17.2 Å². The predicted molar refractivity (Wildman–Crippen MR) is 58.4 cm³/mol. The zero-order valence-corrected chi connectivity index (χ0v) is 8.89. The topological polar surface area (TPSA) is 65.8 Å². The largest absolute Gasteiger partial charge is 0.347 e. The molecular formula is C12H13N3O. The van der Waals surface area contributed by atoms with Crippen LogP contribution in [0.3, 0.4) is 0 Å². The standard InChI is InChI=1S/C12H13N3O/c13-8-9-4-3-6-10(9)15-12(16)11-5-1-2-7-14-11/h1-2,5,7,9-10H,3-4,6H2,(H,15,16). The first-order valence-corrected chi connectivity index (χ1v) is 5.43. The third kappa shape index (κ3) is 2.19. The summed E-state index contributed by atoms with van der Waals surface area (Å²) < 4.78 is 0. The second-order valence-electron chi connectivity index (χ2n) is 3.96. The molecule has 16 heavy (non-hydrogen) atoms. The summed E-state index contributed by atoms with van der Waals surface area (Å²) in [6.45, 7) is 0. The van der Waals surface area contributed by atoms with Crippen molar-refractivity contribution in [2.75, 3.05) is 0 Å². The Morgan fingerprint density at radius 3 is 3.06 bits per heavy atom. The van der Waals surface area contributed by atoms with Gasteiger partial charge in [0.05, 0.1) is 12.0 Å². The Morgan fingerprint density at radius 2 is 2.38 bits per heavy atom. The Balaban J connectivity index is 2.01. The van der Waals surface area contributed by atoms with Crippen molar-refractivity contribution in [3.8, 4) is 6.07 Å². The third-order valence-corrected chi connectivity index (χ3v) is 2.90. The number of nitrogens with one attached hydrogen (secondary N) is 1. The second kappa shape index (κ2) is 4.75. The number of nitrogens with zero attached hydrogens (tertiary/aromatic N) is 2. The zero-order valence-electron chi connectivity index (χ0n) is 8.89. The van der Waals surface area contributed by atoms with Crippen LogP contribution in [0.15, 0.2) is 24.4 Å². The number of carbonyl (C=O) groups is 1. The van der Waals surface area contributed by atoms with Crippen molar-refractivity contribution >= 4 is 5.91 Å². The molecule has 0 aromatic carbocycles. The Hall–Kier alpha value is -1.89. The fourth-order valence-corrected chi connectivity index (χ4v) is 2.03. The van der Waals surface area contributed by atoms with Gasteiger partial charge in [0.15, 0.2) is 0 Å². The van der Waals surface area contributed by atoms with Gasteiger partial charge in [-0.1, -0.05) is 6.07 Å². The lowest BCUT2D eigenvalue weighted by molar-refractivity contribution is 0.0928. The van der Waals surface area contributed by atoms with E-state index in [4.69, 9.17) is 5.26 Å². The molecule has 1 heterocycles. The van der Waals surface area contributed by atoms with Gasteiger partial charge in [-0.15, -0.1) is 0 Å². The van der Waals surface area contributed by atoms with E-state index in [0.717, 1.165) is 19.3 Å². The summed E-state index contributed by atoms with van der Waals surface area (Å²) in [7, 11) is 0. The number of hydrogen-bond acceptors (Lipinski definition) is 3. The van der Waals surface area contributed by atoms with Crippen molar-refractivity contribution in [2.45, 2.75) is 25.3 Å². The highest BCUT2D eigenvalue weighted by Gasteiger charge is 2.28. The molecule has 0 bridgehead atoms. The minimum atomic E-state index is -0.187. The number of aromatic nitrogens is 1. The average molecular weight is 215 g/mol. The Labute approximate surface area is 94.3 Å². The Kier molecular flexibility index (Phi) is 3.16. The number of nitriles is 1. The molecule has 2 atom stereocenters. The maximum Gasteiger partial charge on any atom is 0.270 e. The molecule has 1 saturated carbocycles. The van der Waals surface area contributed by atoms with Gasteiger partial charge in [-0.05, 0) is 31.4 Å². The molecule has 1 aliphatic rings. The van der Waals surface area contributed by atoms with Crippen molar-refractivity contribution < 1.29 is 4.79 Å². The quantitative estimate of drug-likeness (QED) is 0.813. The average Bonchev–Trinajstić information content (AvgIpc) is 2.77. The van der Waals surface area contributed by atoms with Crippen molar-refractivity contribution in [1.29, 1.82) is 5.26 Å². The molecule has 0 aliphatic heterocycles. The number of amides is 1. The summed E-state index contributed by atoms with van der Waals surface area (Å²) in [5, 5.41) is 11.8. The van der Waals surface area contributed by atoms with Crippen LogP contribution in [0.2, 0.25) is 0 Å². The monoisotopic (exact) mass is 215 g/mol. The van der Waals surface area contributed by atoms with Gasteiger partial charge >= 0.3 is 0 Å². The molecule has 1 aliphatic carbocycles. The molecule has 1 fully saturated rings. The van der Waals surface area contributed by atoms with Gasteiger partial charge in [0.2, 0.25) is 0 Å². The molecule has 1 amide bonds. The Bertz CT molecular complexity index is 410. The molecule has 1 aromatic rings. The maximum atomic E-state index is 11.8. The highest BCUT2D eigenvalue weighted by Crippen LogP contribution is 2.24. The number of pyridine rings is 1. The molecule has 0 radical (unpaired) electrons. The first kappa shape index (κ1) is 10.6. The van der Waals surface area contributed by atoms with Crippen molar-refractivity contribution in [2.24, 2.45) is 5.92 Å². The smallest absolute Gasteiger partial charge is 0.270 e. The Morgan fingerprint density at radius 1 is 1.50 bits per heavy atom. The van der Waals surface area contributed by atoms with E-state index in [1.165, 1.54) is 0 Å². The molecule has 2 rings (SSSR count). The van der Waals surface area contributed by atoms with E-state index in [0.29, 0.717) is 5.69 Å². The minimum Gasteiger partial charge on any atom is -0.347 e. The van der Waals surface area contributed by atoms with Crippen LogP contribution in [-0.4, -0.2) is 16.9 Å². The van der Waals surface area contributed by atoms with Crippen molar-refractivity contribution in [1.82, 2.24) is 10.3 Å². The second-order valence-corrected chi connectivity index (χ2v) is 3.96. The van der Waals surface area contributed by atoms with Gasteiger partial charge in [0.1, 0.15) is 5.69 Å². The van der Waals surface area contributed by atoms with E-state index >= 15 is 0 Å². The van der Waals surface area contributed by atoms with E-state index in [9.17, 15) is 4.79 Å². The molecule has 2 unspecified atom stereocenters. The number of rotatable bonds is 2. The SMILES string of the molecule is N#CC1CCCC1NC(=O)c1ccccn1. The molecule has 1 aromatic heterocycles. The first-order valence-electron chi connectivity index (χ1n) is 5.43. The van der Waals surface area contributed by atoms with Gasteiger partial charge < -0.3 is 5.32 Å². The van der Waals surface area contributed by atoms with Crippen LogP contribution in [0.4, 0.5) is 0 Å². The fourth-order valence-electron chi connectivity index (χ4n) is 2.03. The van der Waals surface area contributed by atoms with Crippen LogP contribution >= 0.6 is 0 Å². The number of carbonyl (C=O) groups excluding carboxylic acids is 1. The van der Waals surface area contributed by atoms with Gasteiger partial charge in [-0.3, -0.25) is 9.78 Å². The van der Waals surface area contributed by atoms with E-state index in [-0.39, 0.29) is 17.9 Å². The summed E-state index contributed by atoms with van der Waals surface area (Å²) in [6, 6.07) is 7.44. The van der Waals surface area contributed by atoms with Gasteiger partial charge in [0, 0.05) is 12.2 Å². The molecule has 4 nitrogen and oxygen atoms in total. The highest BCUT2D eigenvalue weighted by atomic mass is 16.1. The summed E-state index contributed by atoms with van der Waals surface area (Å²) in [5.41, 5.74) is 0.408. The van der Waals surface area contributed by atoms with Crippen LogP contribution in [-0.2, 0) is 0 Å². The number of hydrogen-bond donors (Lipinski definition) is 1. The highest BCUT2D eigenvalue weighted by molar-refractivity contribution is 5.92. The summed E-state index contributed by atoms with van der Waals surface area (Å²) >= 11 is 0. The third-order valence-electron chi connectivity index (χ3n) is 2.90. The predicted octanol–water partition coefficient (Wildman–Crippen LogP) is 1.50. The molecule has 82 valence electrons. The summed E-state index contributed by atoms with van der Waals surface area (Å²) in [5.74, 6) is -0.236. The zero-order chi connectivity index (χ0) is 11.4. The van der Waals surface area contributed by atoms with Crippen LogP contribution in [0.25, 0.3) is 0 Å². The molecule has 0 spiro atoms. The maximum absolute atomic E-state index is 11.8. The first-order chi connectivity index (χ1) is 7.81. The van der Waals surface area contributed by atoms with Crippen LogP contribution in [0.1, 0.15) is 29.8 Å². The van der Waals surface area contributed by atoms with Gasteiger partial charge in [-0.25, -0.2) is 0 Å². The van der Waals surface area contributed by atoms with E-state index in [2.05, 4.69) is 16.4 Å². The van der Waals surface area contributed by atoms with E-state index in [1.807, 2.05) is 0 Å². The molecular weight excluding hydrogens is 202 g/mol. The van der Waals surface area contributed by atoms with Gasteiger partial charge in [0.25, 0.3) is 5.91 Å². The molecule has 4 heteroatoms.